The van der Waals surface area contributed by atoms with Gasteiger partial charge >= 0.3 is 5.97 Å². The molecule has 23 heavy (non-hydrogen) atoms. The molecular formula is C17H16ClNO4. The van der Waals surface area contributed by atoms with E-state index in [0.717, 1.165) is 0 Å². The fourth-order valence-electron chi connectivity index (χ4n) is 2.05. The number of halogens is 1. The van der Waals surface area contributed by atoms with Crippen LogP contribution in [0.25, 0.3) is 0 Å². The van der Waals surface area contributed by atoms with Gasteiger partial charge < -0.3 is 15.2 Å². The molecule has 2 aromatic carbocycles. The van der Waals surface area contributed by atoms with Crippen LogP contribution >= 0.6 is 11.6 Å². The maximum absolute atomic E-state index is 12.1. The molecule has 0 atom stereocenters. The number of Topliss-reactive ketones (excluding diaryl/α,β-unsaturated/α-hetero) is 1. The van der Waals surface area contributed by atoms with Gasteiger partial charge in [0.1, 0.15) is 12.4 Å². The second-order valence-electron chi connectivity index (χ2n) is 4.89. The number of anilines is 1. The molecule has 0 aromatic heterocycles. The smallest absolute Gasteiger partial charge is 0.340 e. The summed E-state index contributed by atoms with van der Waals surface area (Å²) in [6, 6.07) is 9.50. The van der Waals surface area contributed by atoms with Crippen LogP contribution in [0, 0.1) is 0 Å². The van der Waals surface area contributed by atoms with Crippen LogP contribution in [-0.2, 0) is 11.3 Å². The monoisotopic (exact) mass is 333 g/mol. The van der Waals surface area contributed by atoms with E-state index in [9.17, 15) is 9.59 Å². The molecule has 0 aliphatic rings. The standard InChI is InChI=1S/C17H16ClNO4/c1-10(20)11-3-6-16(22-2)12(7-11)9-23-17(21)14-5-4-13(18)8-15(14)19/h3-8H,9,19H2,1-2H3. The lowest BCUT2D eigenvalue weighted by molar-refractivity contribution is 0.0471. The molecule has 5 nitrogen and oxygen atoms in total. The number of carbonyl (C=O) groups excluding carboxylic acids is 2. The van der Waals surface area contributed by atoms with E-state index in [-0.39, 0.29) is 23.6 Å². The molecule has 0 amide bonds. The molecule has 0 bridgehead atoms. The molecule has 2 N–H and O–H groups in total. The van der Waals surface area contributed by atoms with Gasteiger partial charge in [-0.3, -0.25) is 4.79 Å². The Balaban J connectivity index is 2.18. The van der Waals surface area contributed by atoms with Crippen LogP contribution in [0.1, 0.15) is 33.2 Å². The third-order valence-corrected chi connectivity index (χ3v) is 3.51. The Morgan fingerprint density at radius 1 is 1.17 bits per heavy atom. The zero-order chi connectivity index (χ0) is 17.0. The topological polar surface area (TPSA) is 78.6 Å². The molecule has 120 valence electrons. The molecule has 0 heterocycles. The van der Waals surface area contributed by atoms with Crippen molar-refractivity contribution in [3.05, 3.63) is 58.1 Å². The Morgan fingerprint density at radius 2 is 1.91 bits per heavy atom. The summed E-state index contributed by atoms with van der Waals surface area (Å²) in [5.74, 6) is -0.122. The van der Waals surface area contributed by atoms with Crippen molar-refractivity contribution < 1.29 is 19.1 Å². The first-order chi connectivity index (χ1) is 10.9. The van der Waals surface area contributed by atoms with Gasteiger partial charge in [-0.05, 0) is 43.3 Å². The van der Waals surface area contributed by atoms with E-state index in [0.29, 0.717) is 21.9 Å². The summed E-state index contributed by atoms with van der Waals surface area (Å²) in [5, 5.41) is 0.440. The number of ketones is 1. The lowest BCUT2D eigenvalue weighted by Gasteiger charge is -2.11. The first-order valence-electron chi connectivity index (χ1n) is 6.82. The Morgan fingerprint density at radius 3 is 2.52 bits per heavy atom. The summed E-state index contributed by atoms with van der Waals surface area (Å²) in [6.07, 6.45) is 0. The molecule has 2 rings (SSSR count). The van der Waals surface area contributed by atoms with Crippen LogP contribution in [0.4, 0.5) is 5.69 Å². The molecule has 2 aromatic rings. The van der Waals surface area contributed by atoms with Crippen LogP contribution in [0.2, 0.25) is 5.02 Å². The SMILES string of the molecule is COc1ccc(C(C)=O)cc1COC(=O)c1ccc(Cl)cc1N. The number of esters is 1. The average molecular weight is 334 g/mol. The van der Waals surface area contributed by atoms with Crippen molar-refractivity contribution in [2.45, 2.75) is 13.5 Å². The molecule has 6 heteroatoms. The van der Waals surface area contributed by atoms with Gasteiger partial charge in [0.2, 0.25) is 0 Å². The minimum Gasteiger partial charge on any atom is -0.496 e. The van der Waals surface area contributed by atoms with Crippen molar-refractivity contribution in [1.29, 1.82) is 0 Å². The summed E-state index contributed by atoms with van der Waals surface area (Å²) >= 11 is 5.80. The highest BCUT2D eigenvalue weighted by Gasteiger charge is 2.14. The molecule has 0 fully saturated rings. The second-order valence-corrected chi connectivity index (χ2v) is 5.33. The number of rotatable bonds is 5. The van der Waals surface area contributed by atoms with Gasteiger partial charge in [-0.1, -0.05) is 11.6 Å². The van der Waals surface area contributed by atoms with Gasteiger partial charge in [0.15, 0.2) is 5.78 Å². The van der Waals surface area contributed by atoms with Crippen molar-refractivity contribution in [3.8, 4) is 5.75 Å². The predicted molar refractivity (Wildman–Crippen MR) is 88.0 cm³/mol. The Hall–Kier alpha value is -2.53. The first kappa shape index (κ1) is 16.8. The van der Waals surface area contributed by atoms with Crippen molar-refractivity contribution in [2.75, 3.05) is 12.8 Å². The fraction of sp³-hybridized carbons (Fsp3) is 0.176. The molecule has 0 saturated heterocycles. The lowest BCUT2D eigenvalue weighted by Crippen LogP contribution is -2.09. The largest absolute Gasteiger partial charge is 0.496 e. The van der Waals surface area contributed by atoms with E-state index in [1.54, 1.807) is 24.3 Å². The highest BCUT2D eigenvalue weighted by molar-refractivity contribution is 6.31. The number of hydrogen-bond acceptors (Lipinski definition) is 5. The highest BCUT2D eigenvalue weighted by atomic mass is 35.5. The highest BCUT2D eigenvalue weighted by Crippen LogP contribution is 2.23. The minimum absolute atomic E-state index is 0.0365. The number of nitrogen functional groups attached to an aromatic ring is 1. The molecule has 0 spiro atoms. The Bertz CT molecular complexity index is 758. The normalized spacial score (nSPS) is 10.2. The molecule has 0 aliphatic heterocycles. The number of carbonyl (C=O) groups is 2. The summed E-state index contributed by atoms with van der Waals surface area (Å²) in [7, 11) is 1.51. The van der Waals surface area contributed by atoms with Crippen molar-refractivity contribution in [2.24, 2.45) is 0 Å². The molecule has 0 aliphatic carbocycles. The Kier molecular flexibility index (Phi) is 5.24. The van der Waals surface area contributed by atoms with Crippen LogP contribution in [0.3, 0.4) is 0 Å². The predicted octanol–water partition coefficient (Wildman–Crippen LogP) is 3.49. The van der Waals surface area contributed by atoms with Gasteiger partial charge in [-0.25, -0.2) is 4.79 Å². The van der Waals surface area contributed by atoms with Crippen LogP contribution in [-0.4, -0.2) is 18.9 Å². The maximum Gasteiger partial charge on any atom is 0.340 e. The number of methoxy groups -OCH3 is 1. The molecular weight excluding hydrogens is 318 g/mol. The fourth-order valence-corrected chi connectivity index (χ4v) is 2.23. The van der Waals surface area contributed by atoms with E-state index < -0.39 is 5.97 Å². The number of nitrogens with two attached hydrogens (primary N) is 1. The molecule has 0 unspecified atom stereocenters. The van der Waals surface area contributed by atoms with Gasteiger partial charge in [0.05, 0.1) is 12.7 Å². The number of hydrogen-bond donors (Lipinski definition) is 1. The van der Waals surface area contributed by atoms with Crippen LogP contribution in [0.5, 0.6) is 5.75 Å². The lowest BCUT2D eigenvalue weighted by atomic mass is 10.1. The van der Waals surface area contributed by atoms with Gasteiger partial charge in [0, 0.05) is 21.8 Å². The average Bonchev–Trinajstić information content (AvgIpc) is 2.52. The van der Waals surface area contributed by atoms with E-state index in [4.69, 9.17) is 26.8 Å². The van der Waals surface area contributed by atoms with Crippen LogP contribution in [0.15, 0.2) is 36.4 Å². The molecule has 0 radical (unpaired) electrons. The summed E-state index contributed by atoms with van der Waals surface area (Å²) in [6.45, 7) is 1.43. The number of benzene rings is 2. The van der Waals surface area contributed by atoms with Gasteiger partial charge in [-0.15, -0.1) is 0 Å². The van der Waals surface area contributed by atoms with E-state index in [1.165, 1.54) is 26.2 Å². The summed E-state index contributed by atoms with van der Waals surface area (Å²) in [5.41, 5.74) is 7.35. The van der Waals surface area contributed by atoms with Crippen LogP contribution < -0.4 is 10.5 Å². The quantitative estimate of drug-likeness (QED) is 0.515. The van der Waals surface area contributed by atoms with Gasteiger partial charge in [-0.2, -0.15) is 0 Å². The third-order valence-electron chi connectivity index (χ3n) is 3.28. The van der Waals surface area contributed by atoms with Crippen molar-refractivity contribution in [3.63, 3.8) is 0 Å². The summed E-state index contributed by atoms with van der Waals surface area (Å²) < 4.78 is 10.5. The summed E-state index contributed by atoms with van der Waals surface area (Å²) in [4.78, 5) is 23.6. The Labute approximate surface area is 139 Å². The zero-order valence-electron chi connectivity index (χ0n) is 12.8. The van der Waals surface area contributed by atoms with E-state index >= 15 is 0 Å². The zero-order valence-corrected chi connectivity index (χ0v) is 13.5. The first-order valence-corrected chi connectivity index (χ1v) is 7.20. The minimum atomic E-state index is -0.575. The third kappa shape index (κ3) is 4.02. The van der Waals surface area contributed by atoms with Crippen molar-refractivity contribution in [1.82, 2.24) is 0 Å². The van der Waals surface area contributed by atoms with E-state index in [1.807, 2.05) is 0 Å². The van der Waals surface area contributed by atoms with Crippen molar-refractivity contribution >= 4 is 29.0 Å². The maximum atomic E-state index is 12.1. The molecule has 0 saturated carbocycles. The number of ether oxygens (including phenoxy) is 2. The van der Waals surface area contributed by atoms with Gasteiger partial charge in [0.25, 0.3) is 0 Å². The second kappa shape index (κ2) is 7.15. The van der Waals surface area contributed by atoms with E-state index in [2.05, 4.69) is 0 Å².